The minimum Gasteiger partial charge on any atom is -0.487 e. The smallest absolute Gasteiger partial charge is 0.333 e. The molecule has 3 atom stereocenters. The van der Waals surface area contributed by atoms with Gasteiger partial charge < -0.3 is 24.4 Å². The van der Waals surface area contributed by atoms with E-state index in [-0.39, 0.29) is 54.9 Å². The quantitative estimate of drug-likeness (QED) is 0.484. The van der Waals surface area contributed by atoms with Crippen LogP contribution in [0.3, 0.4) is 0 Å². The van der Waals surface area contributed by atoms with Crippen LogP contribution < -0.4 is 4.74 Å². The number of aliphatic carboxylic acids is 1. The highest BCUT2D eigenvalue weighted by atomic mass is 35.5. The van der Waals surface area contributed by atoms with Gasteiger partial charge in [-0.25, -0.2) is 18.3 Å². The van der Waals surface area contributed by atoms with Crippen LogP contribution in [0.4, 0.5) is 8.78 Å². The molecule has 3 fully saturated rings. The van der Waals surface area contributed by atoms with Crippen LogP contribution in [0.1, 0.15) is 67.1 Å². The summed E-state index contributed by atoms with van der Waals surface area (Å²) in [6.07, 6.45) is -0.389. The number of ether oxygens (including phenoxy) is 2. The van der Waals surface area contributed by atoms with Gasteiger partial charge in [0, 0.05) is 50.3 Å². The van der Waals surface area contributed by atoms with Gasteiger partial charge in [-0.1, -0.05) is 16.8 Å². The zero-order valence-electron chi connectivity index (χ0n) is 23.1. The Bertz CT molecular complexity index is 1420. The largest absolute Gasteiger partial charge is 0.487 e. The lowest BCUT2D eigenvalue weighted by Crippen LogP contribution is -2.52. The summed E-state index contributed by atoms with van der Waals surface area (Å²) in [4.78, 5) is 42.5. The number of hydrogen-bond acceptors (Lipinski definition) is 7. The molecule has 6 rings (SSSR count). The Morgan fingerprint density at radius 3 is 2.79 bits per heavy atom. The van der Waals surface area contributed by atoms with Crippen molar-refractivity contribution in [2.24, 2.45) is 18.4 Å². The predicted molar refractivity (Wildman–Crippen MR) is 143 cm³/mol. The van der Waals surface area contributed by atoms with E-state index < -0.39 is 30.5 Å². The minimum atomic E-state index is -2.81. The number of carboxylic acid groups (broad SMARTS) is 1. The molecule has 0 bridgehead atoms. The van der Waals surface area contributed by atoms with Gasteiger partial charge in [0.15, 0.2) is 6.10 Å². The van der Waals surface area contributed by atoms with Gasteiger partial charge >= 0.3 is 5.97 Å². The van der Waals surface area contributed by atoms with E-state index >= 15 is 0 Å². The molecule has 4 heterocycles. The average Bonchev–Trinajstić information content (AvgIpc) is 3.49. The molecule has 0 radical (unpaired) electrons. The summed E-state index contributed by atoms with van der Waals surface area (Å²) in [5, 5.41) is 17.8. The number of halogens is 3. The number of fused-ring (bicyclic) bond motifs is 1. The average molecular weight is 608 g/mol. The van der Waals surface area contributed by atoms with Crippen molar-refractivity contribution in [3.8, 4) is 5.75 Å². The van der Waals surface area contributed by atoms with Crippen LogP contribution in [-0.2, 0) is 39.2 Å². The van der Waals surface area contributed by atoms with Gasteiger partial charge in [0.2, 0.25) is 11.8 Å². The number of aromatic nitrogens is 3. The van der Waals surface area contributed by atoms with Crippen LogP contribution in [0.5, 0.6) is 5.75 Å². The van der Waals surface area contributed by atoms with E-state index in [2.05, 4.69) is 10.3 Å². The number of carboxylic acids is 1. The molecular weight excluding hydrogens is 576 g/mol. The molecule has 2 saturated heterocycles. The third kappa shape index (κ3) is 5.21. The van der Waals surface area contributed by atoms with Gasteiger partial charge in [-0.3, -0.25) is 9.59 Å². The van der Waals surface area contributed by atoms with Gasteiger partial charge in [0.1, 0.15) is 23.7 Å². The number of likely N-dealkylation sites (tertiary alicyclic amines) is 1. The third-order valence-electron chi connectivity index (χ3n) is 9.01. The van der Waals surface area contributed by atoms with Crippen molar-refractivity contribution in [3.05, 3.63) is 39.7 Å². The number of amides is 2. The number of nitrogens with zero attached hydrogens (tertiary/aromatic N) is 5. The van der Waals surface area contributed by atoms with Crippen molar-refractivity contribution < 1.29 is 37.7 Å². The molecule has 14 heteroatoms. The SMILES string of the molecule is Cn1nnc(COc2ccc(Cl)c3c2[C@@H](CN2CC4(CC4)CC2=O)N(C(=O)[C@@H]2CCCO[C@@H]2C(=O)O)CC3)c1C(F)F. The Morgan fingerprint density at radius 1 is 1.31 bits per heavy atom. The molecule has 1 N–H and O–H groups in total. The van der Waals surface area contributed by atoms with Crippen LogP contribution in [0, 0.1) is 11.3 Å². The lowest BCUT2D eigenvalue weighted by Gasteiger charge is -2.43. The first-order valence-corrected chi connectivity index (χ1v) is 14.5. The zero-order chi connectivity index (χ0) is 29.8. The van der Waals surface area contributed by atoms with Crippen LogP contribution in [0.25, 0.3) is 0 Å². The standard InChI is InChI=1S/C28H32ClF2N5O6/c1-34-23(25(30)31)18(32-33-34)13-42-20-5-4-17(29)15-6-9-36(26(38)16-3-2-10-41-24(16)27(39)40)19(22(15)20)12-35-14-28(7-8-28)11-21(35)37/h4-5,16,19,24-25H,2-3,6-14H2,1H3,(H,39,40)/t16-,19-,24+/m1/s1. The molecule has 226 valence electrons. The van der Waals surface area contributed by atoms with E-state index in [0.29, 0.717) is 48.6 Å². The molecule has 0 unspecified atom stereocenters. The maximum atomic E-state index is 14.1. The lowest BCUT2D eigenvalue weighted by molar-refractivity contribution is -0.167. The molecule has 1 aromatic heterocycles. The van der Waals surface area contributed by atoms with Gasteiger partial charge in [0.25, 0.3) is 6.43 Å². The fraction of sp³-hybridized carbons (Fsp3) is 0.607. The van der Waals surface area contributed by atoms with Crippen LogP contribution in [0.15, 0.2) is 12.1 Å². The van der Waals surface area contributed by atoms with Crippen LogP contribution in [0.2, 0.25) is 5.02 Å². The predicted octanol–water partition coefficient (Wildman–Crippen LogP) is 3.30. The van der Waals surface area contributed by atoms with Gasteiger partial charge in [0.05, 0.1) is 12.0 Å². The fourth-order valence-corrected chi connectivity index (χ4v) is 6.90. The molecule has 11 nitrogen and oxygen atoms in total. The second kappa shape index (κ2) is 11.1. The van der Waals surface area contributed by atoms with Gasteiger partial charge in [-0.2, -0.15) is 0 Å². The Hall–Kier alpha value is -3.32. The fourth-order valence-electron chi connectivity index (χ4n) is 6.64. The summed E-state index contributed by atoms with van der Waals surface area (Å²) >= 11 is 6.65. The first kappa shape index (κ1) is 28.8. The summed E-state index contributed by atoms with van der Waals surface area (Å²) in [5.41, 5.74) is 0.920. The molecule has 3 aliphatic heterocycles. The first-order chi connectivity index (χ1) is 20.1. The molecule has 1 spiro atoms. The minimum absolute atomic E-state index is 0.00191. The van der Waals surface area contributed by atoms with Crippen molar-refractivity contribution in [3.63, 3.8) is 0 Å². The Labute approximate surface area is 245 Å². The number of carbonyl (C=O) groups excluding carboxylic acids is 2. The van der Waals surface area contributed by atoms with Crippen molar-refractivity contribution in [1.29, 1.82) is 0 Å². The zero-order valence-corrected chi connectivity index (χ0v) is 23.9. The topological polar surface area (TPSA) is 127 Å². The van der Waals surface area contributed by atoms with Crippen molar-refractivity contribution in [2.75, 3.05) is 26.2 Å². The number of benzene rings is 1. The Kier molecular flexibility index (Phi) is 7.58. The number of aryl methyl sites for hydroxylation is 1. The molecule has 2 amide bonds. The van der Waals surface area contributed by atoms with Crippen molar-refractivity contribution in [1.82, 2.24) is 24.8 Å². The first-order valence-electron chi connectivity index (χ1n) is 14.1. The van der Waals surface area contributed by atoms with Gasteiger partial charge in [-0.05, 0) is 55.2 Å². The summed E-state index contributed by atoms with van der Waals surface area (Å²) in [5.74, 6) is -2.13. The van der Waals surface area contributed by atoms with E-state index in [1.165, 1.54) is 7.05 Å². The maximum Gasteiger partial charge on any atom is 0.333 e. The maximum absolute atomic E-state index is 14.1. The summed E-state index contributed by atoms with van der Waals surface area (Å²) < 4.78 is 39.9. The molecular formula is C28H32ClF2N5O6. The number of hydrogen-bond donors (Lipinski definition) is 1. The molecule has 1 aromatic carbocycles. The summed E-state index contributed by atoms with van der Waals surface area (Å²) in [6.45, 7) is 0.974. The lowest BCUT2D eigenvalue weighted by atomic mass is 9.87. The van der Waals surface area contributed by atoms with Crippen molar-refractivity contribution in [2.45, 2.75) is 63.7 Å². The summed E-state index contributed by atoms with van der Waals surface area (Å²) in [7, 11) is 1.38. The number of carbonyl (C=O) groups is 3. The molecule has 42 heavy (non-hydrogen) atoms. The van der Waals surface area contributed by atoms with Crippen LogP contribution >= 0.6 is 11.6 Å². The van der Waals surface area contributed by atoms with E-state index in [4.69, 9.17) is 21.1 Å². The van der Waals surface area contributed by atoms with Crippen LogP contribution in [-0.4, -0.2) is 80.0 Å². The highest BCUT2D eigenvalue weighted by Gasteiger charge is 2.53. The monoisotopic (exact) mass is 607 g/mol. The van der Waals surface area contributed by atoms with Crippen molar-refractivity contribution >= 4 is 29.4 Å². The van der Waals surface area contributed by atoms with Gasteiger partial charge in [-0.15, -0.1) is 5.10 Å². The molecule has 4 aliphatic rings. The molecule has 1 saturated carbocycles. The Balaban J connectivity index is 1.36. The van der Waals surface area contributed by atoms with E-state index in [0.717, 1.165) is 23.1 Å². The normalized spacial score (nSPS) is 24.8. The molecule has 2 aromatic rings. The van der Waals surface area contributed by atoms with E-state index in [9.17, 15) is 28.3 Å². The third-order valence-corrected chi connectivity index (χ3v) is 9.36. The van der Waals surface area contributed by atoms with E-state index in [1.54, 1.807) is 21.9 Å². The second-order valence-electron chi connectivity index (χ2n) is 11.7. The highest BCUT2D eigenvalue weighted by molar-refractivity contribution is 6.31. The second-order valence-corrected chi connectivity index (χ2v) is 12.1. The Morgan fingerprint density at radius 2 is 2.10 bits per heavy atom. The molecule has 1 aliphatic carbocycles. The summed E-state index contributed by atoms with van der Waals surface area (Å²) in [6, 6.07) is 2.59. The number of rotatable bonds is 8. The number of alkyl halides is 2. The van der Waals surface area contributed by atoms with E-state index in [1.807, 2.05) is 0 Å². The highest BCUT2D eigenvalue weighted by Crippen LogP contribution is 2.54.